The van der Waals surface area contributed by atoms with E-state index in [1.165, 1.54) is 11.1 Å². The number of fused-ring (bicyclic) bond motifs is 5. The highest BCUT2D eigenvalue weighted by Gasteiger charge is 2.17. The van der Waals surface area contributed by atoms with Crippen molar-refractivity contribution >= 4 is 39.4 Å². The van der Waals surface area contributed by atoms with Crippen molar-refractivity contribution in [2.75, 3.05) is 0 Å². The Morgan fingerprint density at radius 2 is 1.38 bits per heavy atom. The minimum absolute atomic E-state index is 0.710. The first-order valence-electron chi connectivity index (χ1n) is 9.53. The van der Waals surface area contributed by atoms with Gasteiger partial charge in [-0.2, -0.15) is 0 Å². The molecule has 0 unspecified atom stereocenters. The van der Waals surface area contributed by atoms with Gasteiger partial charge in [-0.1, -0.05) is 66.2 Å². The van der Waals surface area contributed by atoms with E-state index < -0.39 is 0 Å². The maximum absolute atomic E-state index is 6.29. The van der Waals surface area contributed by atoms with E-state index in [0.717, 1.165) is 33.5 Å². The van der Waals surface area contributed by atoms with E-state index in [-0.39, 0.29) is 0 Å². The molecular formula is C25H16ClN3. The third-order valence-electron chi connectivity index (χ3n) is 5.37. The molecule has 29 heavy (non-hydrogen) atoms. The van der Waals surface area contributed by atoms with Crippen LogP contribution in [0.4, 0.5) is 0 Å². The summed E-state index contributed by atoms with van der Waals surface area (Å²) >= 11 is 6.29. The molecule has 0 fully saturated rings. The van der Waals surface area contributed by atoms with Gasteiger partial charge in [-0.25, -0.2) is 4.98 Å². The number of rotatable bonds is 2. The molecule has 2 heterocycles. The molecule has 3 nitrogen and oxygen atoms in total. The van der Waals surface area contributed by atoms with Crippen molar-refractivity contribution in [3.8, 4) is 16.8 Å². The monoisotopic (exact) mass is 393 g/mol. The Labute approximate surface area is 172 Å². The standard InChI is InChI=1S/C25H16ClN3/c26-19-13-14-21-24(16-19)29-23-12-5-4-11-22(23)28(25(29)27-21)20-10-6-9-18(15-20)17-7-2-1-3-8-17/h1-16H. The lowest BCUT2D eigenvalue weighted by Crippen LogP contribution is -1.95. The molecule has 0 spiro atoms. The Hall–Kier alpha value is -3.56. The Morgan fingerprint density at radius 3 is 2.24 bits per heavy atom. The fraction of sp³-hybridized carbons (Fsp3) is 0. The Balaban J connectivity index is 1.70. The summed E-state index contributed by atoms with van der Waals surface area (Å²) in [7, 11) is 0. The molecule has 4 heteroatoms. The minimum atomic E-state index is 0.710. The third kappa shape index (κ3) is 2.48. The summed E-state index contributed by atoms with van der Waals surface area (Å²) in [6.45, 7) is 0. The summed E-state index contributed by atoms with van der Waals surface area (Å²) < 4.78 is 4.40. The zero-order valence-corrected chi connectivity index (χ0v) is 16.2. The molecule has 138 valence electrons. The second-order valence-electron chi connectivity index (χ2n) is 7.12. The van der Waals surface area contributed by atoms with E-state index in [1.807, 2.05) is 24.3 Å². The molecule has 0 aliphatic heterocycles. The predicted molar refractivity (Wildman–Crippen MR) is 120 cm³/mol. The Kier molecular flexibility index (Phi) is 3.52. The van der Waals surface area contributed by atoms with Gasteiger partial charge >= 0.3 is 0 Å². The highest BCUT2D eigenvalue weighted by atomic mass is 35.5. The van der Waals surface area contributed by atoms with Crippen molar-refractivity contribution in [2.45, 2.75) is 0 Å². The van der Waals surface area contributed by atoms with Crippen LogP contribution in [0.3, 0.4) is 0 Å². The van der Waals surface area contributed by atoms with Crippen LogP contribution in [-0.4, -0.2) is 14.0 Å². The van der Waals surface area contributed by atoms with Gasteiger partial charge in [-0.15, -0.1) is 0 Å². The van der Waals surface area contributed by atoms with Gasteiger partial charge < -0.3 is 0 Å². The molecule has 0 aliphatic rings. The first kappa shape index (κ1) is 16.4. The molecule has 4 aromatic carbocycles. The summed E-state index contributed by atoms with van der Waals surface area (Å²) in [4.78, 5) is 4.94. The van der Waals surface area contributed by atoms with E-state index in [0.29, 0.717) is 5.02 Å². The highest BCUT2D eigenvalue weighted by molar-refractivity contribution is 6.31. The van der Waals surface area contributed by atoms with Crippen molar-refractivity contribution in [3.63, 3.8) is 0 Å². The van der Waals surface area contributed by atoms with Crippen LogP contribution in [0.1, 0.15) is 0 Å². The summed E-state index contributed by atoms with van der Waals surface area (Å²) in [6, 6.07) is 33.3. The molecule has 0 radical (unpaired) electrons. The van der Waals surface area contributed by atoms with Gasteiger partial charge in [-0.3, -0.25) is 8.97 Å². The molecule has 0 saturated heterocycles. The molecule has 0 N–H and O–H groups in total. The van der Waals surface area contributed by atoms with Crippen molar-refractivity contribution in [1.29, 1.82) is 0 Å². The van der Waals surface area contributed by atoms with Crippen molar-refractivity contribution < 1.29 is 0 Å². The molecular weight excluding hydrogens is 378 g/mol. The zero-order valence-electron chi connectivity index (χ0n) is 15.5. The van der Waals surface area contributed by atoms with Crippen LogP contribution in [-0.2, 0) is 0 Å². The van der Waals surface area contributed by atoms with Gasteiger partial charge in [0.2, 0.25) is 5.78 Å². The first-order chi connectivity index (χ1) is 14.3. The van der Waals surface area contributed by atoms with Crippen LogP contribution in [0.2, 0.25) is 5.02 Å². The summed E-state index contributed by atoms with van der Waals surface area (Å²) in [6.07, 6.45) is 0. The lowest BCUT2D eigenvalue weighted by molar-refractivity contribution is 1.11. The number of para-hydroxylation sites is 2. The van der Waals surface area contributed by atoms with Crippen LogP contribution in [0, 0.1) is 0 Å². The van der Waals surface area contributed by atoms with E-state index in [9.17, 15) is 0 Å². The molecule has 0 aliphatic carbocycles. The smallest absolute Gasteiger partial charge is 0.220 e. The third-order valence-corrected chi connectivity index (χ3v) is 5.61. The minimum Gasteiger partial charge on any atom is -0.278 e. The van der Waals surface area contributed by atoms with Crippen LogP contribution in [0.25, 0.3) is 44.7 Å². The van der Waals surface area contributed by atoms with Crippen LogP contribution in [0.5, 0.6) is 0 Å². The number of hydrogen-bond donors (Lipinski definition) is 0. The molecule has 6 rings (SSSR count). The molecule has 6 aromatic rings. The van der Waals surface area contributed by atoms with E-state index >= 15 is 0 Å². The van der Waals surface area contributed by atoms with Crippen molar-refractivity contribution in [3.05, 3.63) is 102 Å². The number of nitrogens with zero attached hydrogens (tertiary/aromatic N) is 3. The lowest BCUT2D eigenvalue weighted by atomic mass is 10.1. The number of aromatic nitrogens is 3. The first-order valence-corrected chi connectivity index (χ1v) is 9.90. The predicted octanol–water partition coefficient (Wildman–Crippen LogP) is 6.75. The Bertz CT molecular complexity index is 1510. The van der Waals surface area contributed by atoms with Gasteiger partial charge in [0.05, 0.1) is 22.1 Å². The van der Waals surface area contributed by atoms with Crippen LogP contribution >= 0.6 is 11.6 Å². The topological polar surface area (TPSA) is 22.2 Å². The second-order valence-corrected chi connectivity index (χ2v) is 7.56. The SMILES string of the molecule is Clc1ccc2nc3n(-c4cccc(-c5ccccc5)c4)c4ccccc4n3c2c1. The Morgan fingerprint density at radius 1 is 0.621 bits per heavy atom. The highest BCUT2D eigenvalue weighted by Crippen LogP contribution is 2.31. The summed E-state index contributed by atoms with van der Waals surface area (Å²) in [5, 5.41) is 0.710. The molecule has 0 amide bonds. The van der Waals surface area contributed by atoms with Gasteiger partial charge in [0.15, 0.2) is 0 Å². The average Bonchev–Trinajstić information content (AvgIpc) is 3.28. The van der Waals surface area contributed by atoms with Crippen molar-refractivity contribution in [2.24, 2.45) is 0 Å². The average molecular weight is 394 g/mol. The fourth-order valence-electron chi connectivity index (χ4n) is 4.08. The maximum Gasteiger partial charge on any atom is 0.220 e. The molecule has 2 aromatic heterocycles. The van der Waals surface area contributed by atoms with E-state index in [2.05, 4.69) is 81.8 Å². The summed E-state index contributed by atoms with van der Waals surface area (Å²) in [5.74, 6) is 0.883. The molecule has 0 bridgehead atoms. The molecule has 0 saturated carbocycles. The normalized spacial score (nSPS) is 11.6. The van der Waals surface area contributed by atoms with Crippen LogP contribution in [0.15, 0.2) is 97.1 Å². The van der Waals surface area contributed by atoms with Gasteiger partial charge in [0, 0.05) is 10.7 Å². The van der Waals surface area contributed by atoms with Gasteiger partial charge in [-0.05, 0) is 53.6 Å². The number of hydrogen-bond acceptors (Lipinski definition) is 1. The molecule has 0 atom stereocenters. The fourth-order valence-corrected chi connectivity index (χ4v) is 4.25. The number of halogens is 1. The van der Waals surface area contributed by atoms with Crippen LogP contribution < -0.4 is 0 Å². The zero-order chi connectivity index (χ0) is 19.4. The second kappa shape index (κ2) is 6.23. The van der Waals surface area contributed by atoms with Crippen molar-refractivity contribution in [1.82, 2.24) is 14.0 Å². The number of benzene rings is 4. The number of imidazole rings is 2. The maximum atomic E-state index is 6.29. The lowest BCUT2D eigenvalue weighted by Gasteiger charge is -2.08. The van der Waals surface area contributed by atoms with E-state index in [4.69, 9.17) is 16.6 Å². The largest absolute Gasteiger partial charge is 0.278 e. The summed E-state index contributed by atoms with van der Waals surface area (Å²) in [5.41, 5.74) is 7.63. The quantitative estimate of drug-likeness (QED) is 0.319. The van der Waals surface area contributed by atoms with Gasteiger partial charge in [0.25, 0.3) is 0 Å². The van der Waals surface area contributed by atoms with Gasteiger partial charge in [0.1, 0.15) is 0 Å². The van der Waals surface area contributed by atoms with E-state index in [1.54, 1.807) is 0 Å².